The normalized spacial score (nSPS) is 38.2. The van der Waals surface area contributed by atoms with E-state index in [0.717, 1.165) is 11.8 Å². The summed E-state index contributed by atoms with van der Waals surface area (Å²) >= 11 is 0. The molecule has 0 bridgehead atoms. The Labute approximate surface area is 206 Å². The summed E-state index contributed by atoms with van der Waals surface area (Å²) in [5.74, 6) is -3.07. The van der Waals surface area contributed by atoms with Crippen molar-refractivity contribution in [3.8, 4) is 5.75 Å². The third-order valence-electron chi connectivity index (χ3n) is 6.95. The van der Waals surface area contributed by atoms with Crippen molar-refractivity contribution in [3.63, 3.8) is 0 Å². The summed E-state index contributed by atoms with van der Waals surface area (Å²) in [6, 6.07) is 6.32. The summed E-state index contributed by atoms with van der Waals surface area (Å²) in [5.41, 5.74) is -1.88. The highest BCUT2D eigenvalue weighted by Gasteiger charge is 2.63. The van der Waals surface area contributed by atoms with Gasteiger partial charge >= 0.3 is 5.97 Å². The summed E-state index contributed by atoms with van der Waals surface area (Å²) in [6.45, 7) is 0.932. The van der Waals surface area contributed by atoms with Gasteiger partial charge in [0.2, 0.25) is 6.29 Å². The second-order valence-corrected chi connectivity index (χ2v) is 9.32. The number of ketones is 1. The first-order valence-corrected chi connectivity index (χ1v) is 11.6. The molecule has 6 N–H and O–H groups in total. The van der Waals surface area contributed by atoms with Gasteiger partial charge in [-0.3, -0.25) is 4.79 Å². The van der Waals surface area contributed by atoms with Crippen LogP contribution in [0.3, 0.4) is 0 Å². The summed E-state index contributed by atoms with van der Waals surface area (Å²) in [4.78, 5) is 25.7. The average Bonchev–Trinajstić information content (AvgIpc) is 3.09. The van der Waals surface area contributed by atoms with Crippen LogP contribution >= 0.6 is 0 Å². The average molecular weight is 510 g/mol. The fourth-order valence-corrected chi connectivity index (χ4v) is 4.91. The van der Waals surface area contributed by atoms with Crippen molar-refractivity contribution < 1.29 is 59.2 Å². The van der Waals surface area contributed by atoms with Crippen LogP contribution in [-0.2, 0) is 35.0 Å². The molecule has 2 aliphatic heterocycles. The number of phenolic OH excluding ortho intramolecular Hbond substituents is 1. The van der Waals surface area contributed by atoms with Crippen molar-refractivity contribution in [1.29, 1.82) is 0 Å². The standard InChI is InChI=1S/C24H30O12/c1-11-8-16(27)24(32)14(21(31)33-7-6-12-2-4-13(26)5-3-12)10-34-22(17(11)24)36-23-20(30)19(29)18(28)15(9-25)35-23/h2-5,10-11,15,17-20,22-23,25-26,28-30,32H,6-9H2,1H3/t11-,15+,17-,18+,19-,20+,22-,23+,24-/m0/s1. The second kappa shape index (κ2) is 10.4. The van der Waals surface area contributed by atoms with E-state index < -0.39 is 72.8 Å². The van der Waals surface area contributed by atoms with Gasteiger partial charge in [0.25, 0.3) is 0 Å². The summed E-state index contributed by atoms with van der Waals surface area (Å²) < 4.78 is 21.8. The molecule has 1 saturated heterocycles. The van der Waals surface area contributed by atoms with E-state index in [1.165, 1.54) is 12.1 Å². The molecule has 1 saturated carbocycles. The highest BCUT2D eigenvalue weighted by Crippen LogP contribution is 2.48. The number of rotatable bonds is 7. The van der Waals surface area contributed by atoms with Crippen molar-refractivity contribution in [2.75, 3.05) is 13.2 Å². The van der Waals surface area contributed by atoms with Crippen LogP contribution in [0.15, 0.2) is 36.1 Å². The van der Waals surface area contributed by atoms with Gasteiger partial charge in [-0.25, -0.2) is 4.79 Å². The molecule has 0 aromatic heterocycles. The number of aromatic hydroxyl groups is 1. The smallest absolute Gasteiger partial charge is 0.340 e. The molecule has 36 heavy (non-hydrogen) atoms. The Morgan fingerprint density at radius 3 is 2.47 bits per heavy atom. The Bertz CT molecular complexity index is 991. The first kappa shape index (κ1) is 26.5. The number of esters is 1. The number of carbonyl (C=O) groups excluding carboxylic acids is 2. The number of aliphatic hydroxyl groups excluding tert-OH is 4. The Balaban J connectivity index is 1.49. The van der Waals surface area contributed by atoms with E-state index in [9.17, 15) is 40.2 Å². The van der Waals surface area contributed by atoms with Crippen LogP contribution in [0, 0.1) is 11.8 Å². The third-order valence-corrected chi connectivity index (χ3v) is 6.95. The molecule has 0 unspecified atom stereocenters. The fourth-order valence-electron chi connectivity index (χ4n) is 4.91. The summed E-state index contributed by atoms with van der Waals surface area (Å²) in [7, 11) is 0. The van der Waals surface area contributed by atoms with Crippen molar-refractivity contribution >= 4 is 11.8 Å². The highest BCUT2D eigenvalue weighted by molar-refractivity contribution is 6.04. The molecule has 1 aromatic rings. The molecule has 9 atom stereocenters. The summed E-state index contributed by atoms with van der Waals surface area (Å²) in [5, 5.41) is 60.5. The molecule has 3 aliphatic rings. The van der Waals surface area contributed by atoms with Crippen LogP contribution < -0.4 is 0 Å². The lowest BCUT2D eigenvalue weighted by atomic mass is 9.78. The molecule has 12 nitrogen and oxygen atoms in total. The number of ether oxygens (including phenoxy) is 4. The van der Waals surface area contributed by atoms with E-state index in [0.29, 0.717) is 6.42 Å². The molecule has 1 aromatic carbocycles. The predicted octanol–water partition coefficient (Wildman–Crippen LogP) is -1.51. The maximum absolute atomic E-state index is 12.9. The number of hydrogen-bond acceptors (Lipinski definition) is 12. The number of aliphatic hydroxyl groups is 5. The largest absolute Gasteiger partial charge is 0.508 e. The molecule has 0 radical (unpaired) electrons. The van der Waals surface area contributed by atoms with Crippen LogP contribution in [0.1, 0.15) is 18.9 Å². The minimum absolute atomic E-state index is 0.0593. The predicted molar refractivity (Wildman–Crippen MR) is 118 cm³/mol. The Morgan fingerprint density at radius 2 is 1.81 bits per heavy atom. The molecule has 12 heteroatoms. The number of benzene rings is 1. The lowest BCUT2D eigenvalue weighted by Gasteiger charge is -2.44. The van der Waals surface area contributed by atoms with E-state index in [-0.39, 0.29) is 24.4 Å². The van der Waals surface area contributed by atoms with Crippen molar-refractivity contribution in [3.05, 3.63) is 41.7 Å². The van der Waals surface area contributed by atoms with Gasteiger partial charge < -0.3 is 49.6 Å². The van der Waals surface area contributed by atoms with Gasteiger partial charge in [-0.1, -0.05) is 19.1 Å². The van der Waals surface area contributed by atoms with E-state index in [1.54, 1.807) is 19.1 Å². The molecule has 4 rings (SSSR count). The van der Waals surface area contributed by atoms with E-state index >= 15 is 0 Å². The first-order valence-electron chi connectivity index (χ1n) is 11.6. The molecule has 0 amide bonds. The van der Waals surface area contributed by atoms with Gasteiger partial charge in [0.1, 0.15) is 42.0 Å². The molecule has 0 spiro atoms. The number of fused-ring (bicyclic) bond motifs is 1. The number of hydrogen-bond donors (Lipinski definition) is 6. The van der Waals surface area contributed by atoms with E-state index in [1.807, 2.05) is 0 Å². The van der Waals surface area contributed by atoms with Gasteiger partial charge in [0.05, 0.1) is 19.1 Å². The molecular weight excluding hydrogens is 480 g/mol. The fraction of sp³-hybridized carbons (Fsp3) is 0.583. The minimum atomic E-state index is -2.29. The monoisotopic (exact) mass is 510 g/mol. The van der Waals surface area contributed by atoms with Crippen molar-refractivity contribution in [2.24, 2.45) is 11.8 Å². The maximum atomic E-state index is 12.9. The van der Waals surface area contributed by atoms with Gasteiger partial charge in [-0.2, -0.15) is 0 Å². The quantitative estimate of drug-likeness (QED) is 0.233. The lowest BCUT2D eigenvalue weighted by Crippen LogP contribution is -2.61. The number of carbonyl (C=O) groups is 2. The number of phenols is 1. The zero-order valence-electron chi connectivity index (χ0n) is 19.5. The lowest BCUT2D eigenvalue weighted by molar-refractivity contribution is -0.346. The van der Waals surface area contributed by atoms with Gasteiger partial charge in [0.15, 0.2) is 17.7 Å². The topological polar surface area (TPSA) is 192 Å². The zero-order valence-corrected chi connectivity index (χ0v) is 19.5. The molecule has 2 fully saturated rings. The van der Waals surface area contributed by atoms with Crippen LogP contribution in [0.2, 0.25) is 0 Å². The Morgan fingerprint density at radius 1 is 1.11 bits per heavy atom. The molecule has 198 valence electrons. The maximum Gasteiger partial charge on any atom is 0.340 e. The van der Waals surface area contributed by atoms with Gasteiger partial charge in [0, 0.05) is 12.8 Å². The third kappa shape index (κ3) is 4.73. The molecular formula is C24H30O12. The first-order chi connectivity index (χ1) is 17.1. The minimum Gasteiger partial charge on any atom is -0.508 e. The van der Waals surface area contributed by atoms with Crippen molar-refractivity contribution in [1.82, 2.24) is 0 Å². The zero-order chi connectivity index (χ0) is 26.2. The van der Waals surface area contributed by atoms with E-state index in [2.05, 4.69) is 0 Å². The second-order valence-electron chi connectivity index (χ2n) is 9.32. The van der Waals surface area contributed by atoms with Gasteiger partial charge in [-0.05, 0) is 23.6 Å². The SMILES string of the molecule is C[C@H]1CC(=O)[C@@]2(O)C(C(=O)OCCc3ccc(O)cc3)=CO[C@@H](O[C@H]3O[C@H](CO)[C@@H](O)[C@H](O)[C@H]3O)[C@H]12. The summed E-state index contributed by atoms with van der Waals surface area (Å²) in [6.07, 6.45) is -8.05. The van der Waals surface area contributed by atoms with Crippen molar-refractivity contribution in [2.45, 2.75) is 62.4 Å². The molecule has 1 aliphatic carbocycles. The van der Waals surface area contributed by atoms with Gasteiger partial charge in [-0.15, -0.1) is 0 Å². The van der Waals surface area contributed by atoms with Crippen LogP contribution in [0.5, 0.6) is 5.75 Å². The highest BCUT2D eigenvalue weighted by atomic mass is 16.8. The van der Waals surface area contributed by atoms with E-state index in [4.69, 9.17) is 18.9 Å². The molecule has 2 heterocycles. The number of Topliss-reactive ketones (excluding diaryl/α,β-unsaturated/α-hetero) is 1. The Kier molecular flexibility index (Phi) is 7.67. The van der Waals surface area contributed by atoms with Crippen LogP contribution in [0.4, 0.5) is 0 Å². The Hall–Kier alpha value is -2.58. The van der Waals surface area contributed by atoms with Crippen LogP contribution in [0.25, 0.3) is 0 Å². The van der Waals surface area contributed by atoms with Crippen LogP contribution in [-0.4, -0.2) is 98.2 Å².